The first-order chi connectivity index (χ1) is 16.1. The smallest absolute Gasteiger partial charge is 0.101 e. The largest absolute Gasteiger partial charge is 0.388 e. The molecule has 0 aliphatic carbocycles. The maximum Gasteiger partial charge on any atom is 0.101 e. The topological polar surface area (TPSA) is 57.2 Å². The van der Waals surface area contributed by atoms with E-state index in [0.29, 0.717) is 19.8 Å². The molecule has 39 heavy (non-hydrogen) atoms. The van der Waals surface area contributed by atoms with Crippen LogP contribution in [0.25, 0.3) is 0 Å². The van der Waals surface area contributed by atoms with E-state index >= 15 is 0 Å². The zero-order valence-electron chi connectivity index (χ0n) is 24.1. The molecule has 254 valence electrons. The third-order valence-electron chi connectivity index (χ3n) is 4.01. The molecule has 0 spiro atoms. The van der Waals surface area contributed by atoms with E-state index in [0.717, 1.165) is 71.6 Å². The predicted octanol–water partition coefficient (Wildman–Crippen LogP) is 11.6. The van der Waals surface area contributed by atoms with Crippen molar-refractivity contribution in [3.05, 3.63) is 0 Å². The number of rotatable bonds is 20. The first-order valence-corrected chi connectivity index (χ1v) is 14.0. The van der Waals surface area contributed by atoms with Crippen LogP contribution in [0.15, 0.2) is 0 Å². The van der Waals surface area contributed by atoms with Gasteiger partial charge in [-0.05, 0) is 38.5 Å². The van der Waals surface area contributed by atoms with Crippen LogP contribution in [0.5, 0.6) is 0 Å². The van der Waals surface area contributed by atoms with E-state index in [9.17, 15) is 5.11 Å². The van der Waals surface area contributed by atoms with Gasteiger partial charge in [0, 0.05) is 39.6 Å². The van der Waals surface area contributed by atoms with Crippen molar-refractivity contribution in [3.8, 4) is 0 Å². The van der Waals surface area contributed by atoms with E-state index in [1.807, 2.05) is 6.92 Å². The first kappa shape index (κ1) is 66.8. The van der Waals surface area contributed by atoms with Crippen LogP contribution in [0.3, 0.4) is 0 Å². The van der Waals surface area contributed by atoms with Crippen molar-refractivity contribution in [2.75, 3.05) is 52.9 Å². The van der Waals surface area contributed by atoms with Gasteiger partial charge in [-0.25, -0.2) is 0 Å². The van der Waals surface area contributed by atoms with Gasteiger partial charge in [0.15, 0.2) is 0 Å². The number of hydrogen-bond donors (Lipinski definition) is 1. The summed E-state index contributed by atoms with van der Waals surface area (Å²) in [5.74, 6) is 0. The van der Waals surface area contributed by atoms with E-state index in [4.69, 9.17) is 18.9 Å². The second-order valence-corrected chi connectivity index (χ2v) is 8.09. The van der Waals surface area contributed by atoms with Crippen molar-refractivity contribution < 1.29 is 24.1 Å². The number of aliphatic hydroxyl groups is 1. The molecular formula is C34H88O5. The van der Waals surface area contributed by atoms with Crippen molar-refractivity contribution in [2.24, 2.45) is 0 Å². The molecule has 0 bridgehead atoms. The molecule has 0 rings (SSSR count). The summed E-state index contributed by atoms with van der Waals surface area (Å²) in [4.78, 5) is 0. The molecule has 0 aliphatic heterocycles. The van der Waals surface area contributed by atoms with Crippen molar-refractivity contribution in [2.45, 2.75) is 177 Å². The minimum absolute atomic E-state index is 0. The third kappa shape index (κ3) is 102. The fraction of sp³-hybridized carbons (Fsp3) is 1.00. The number of ether oxygens (including phenoxy) is 4. The average Bonchev–Trinajstić information content (AvgIpc) is 2.82. The van der Waals surface area contributed by atoms with E-state index in [2.05, 4.69) is 48.5 Å². The Morgan fingerprint density at radius 3 is 0.897 bits per heavy atom. The molecule has 0 aromatic carbocycles. The van der Waals surface area contributed by atoms with Crippen molar-refractivity contribution in [3.63, 3.8) is 0 Å². The summed E-state index contributed by atoms with van der Waals surface area (Å²) in [6.45, 7) is 23.1. The molecule has 0 saturated heterocycles. The summed E-state index contributed by atoms with van der Waals surface area (Å²) in [6, 6.07) is 0. The Kier molecular flexibility index (Phi) is 132. The third-order valence-corrected chi connectivity index (χ3v) is 4.01. The van der Waals surface area contributed by atoms with Gasteiger partial charge < -0.3 is 24.1 Å². The monoisotopic (exact) mass is 577 g/mol. The summed E-state index contributed by atoms with van der Waals surface area (Å²) in [7, 11) is 0. The second kappa shape index (κ2) is 76.9. The van der Waals surface area contributed by atoms with Crippen LogP contribution in [-0.4, -0.2) is 64.1 Å². The van der Waals surface area contributed by atoms with Crippen LogP contribution in [0, 0.1) is 0 Å². The van der Waals surface area contributed by atoms with Crippen LogP contribution < -0.4 is 0 Å². The van der Waals surface area contributed by atoms with Gasteiger partial charge in [-0.3, -0.25) is 0 Å². The van der Waals surface area contributed by atoms with Gasteiger partial charge in [0.25, 0.3) is 0 Å². The number of aliphatic hydroxyl groups excluding tert-OH is 1. The zero-order chi connectivity index (χ0) is 25.8. The average molecular weight is 577 g/mol. The Bertz CT molecular complexity index is 254. The highest BCUT2D eigenvalue weighted by atomic mass is 16.5. The molecular weight excluding hydrogens is 488 g/mol. The molecule has 5 heteroatoms. The van der Waals surface area contributed by atoms with Gasteiger partial charge in [-0.15, -0.1) is 0 Å². The van der Waals surface area contributed by atoms with E-state index in [-0.39, 0.29) is 44.6 Å². The highest BCUT2D eigenvalue weighted by Crippen LogP contribution is 1.92. The SMILES string of the molecule is C.C.C.C.C.C.CCCCC.CCCCOCC(O)COCCC.CCCCOCCC.CCCOCCC. The minimum atomic E-state index is -0.469. The van der Waals surface area contributed by atoms with Gasteiger partial charge in [0.2, 0.25) is 0 Å². The molecule has 0 radical (unpaired) electrons. The molecule has 1 atom stereocenters. The lowest BCUT2D eigenvalue weighted by atomic mass is 10.3. The molecule has 1 N–H and O–H groups in total. The van der Waals surface area contributed by atoms with E-state index in [1.165, 1.54) is 32.1 Å². The summed E-state index contributed by atoms with van der Waals surface area (Å²) < 4.78 is 20.8. The lowest BCUT2D eigenvalue weighted by molar-refractivity contribution is -0.0190. The van der Waals surface area contributed by atoms with Crippen LogP contribution in [0.1, 0.15) is 171 Å². The van der Waals surface area contributed by atoms with Gasteiger partial charge >= 0.3 is 0 Å². The standard InChI is InChI=1S/C10H22O3.C7H16O.C6H14O.C5H12.6CH4/c1-3-5-7-13-9-10(11)8-12-6-4-2;1-3-5-7-8-6-4-2;1-3-5-7-6-4-2;1-3-5-4-2;;;;;;/h10-11H,3-9H2,1-2H3;3-7H2,1-2H3;3-6H2,1-2H3;3-5H2,1-2H3;6*1H4. The number of hydrogen-bond acceptors (Lipinski definition) is 5. The normalized spacial score (nSPS) is 9.15. The fourth-order valence-electron chi connectivity index (χ4n) is 2.11. The Morgan fingerprint density at radius 2 is 0.615 bits per heavy atom. The van der Waals surface area contributed by atoms with Gasteiger partial charge in [0.1, 0.15) is 6.10 Å². The molecule has 0 saturated carbocycles. The van der Waals surface area contributed by atoms with Crippen LogP contribution in [0.4, 0.5) is 0 Å². The van der Waals surface area contributed by atoms with Gasteiger partial charge in [0.05, 0.1) is 13.2 Å². The Morgan fingerprint density at radius 1 is 0.359 bits per heavy atom. The molecule has 5 nitrogen and oxygen atoms in total. The quantitative estimate of drug-likeness (QED) is 0.146. The van der Waals surface area contributed by atoms with Gasteiger partial charge in [-0.1, -0.05) is 132 Å². The molecule has 0 fully saturated rings. The Hall–Kier alpha value is -0.200. The summed E-state index contributed by atoms with van der Waals surface area (Å²) >= 11 is 0. The first-order valence-electron chi connectivity index (χ1n) is 14.0. The molecule has 0 heterocycles. The fourth-order valence-corrected chi connectivity index (χ4v) is 2.11. The molecule has 1 unspecified atom stereocenters. The van der Waals surface area contributed by atoms with Crippen LogP contribution in [-0.2, 0) is 18.9 Å². The lowest BCUT2D eigenvalue weighted by Gasteiger charge is -2.10. The van der Waals surface area contributed by atoms with Crippen molar-refractivity contribution in [1.82, 2.24) is 0 Å². The van der Waals surface area contributed by atoms with Crippen LogP contribution >= 0.6 is 0 Å². The minimum Gasteiger partial charge on any atom is -0.388 e. The second-order valence-electron chi connectivity index (χ2n) is 8.09. The van der Waals surface area contributed by atoms with Crippen molar-refractivity contribution in [1.29, 1.82) is 0 Å². The van der Waals surface area contributed by atoms with Crippen LogP contribution in [0.2, 0.25) is 0 Å². The summed E-state index contributed by atoms with van der Waals surface area (Å²) in [6.07, 6.45) is 12.7. The number of unbranched alkanes of at least 4 members (excludes halogenated alkanes) is 4. The molecule has 0 aromatic heterocycles. The highest BCUT2D eigenvalue weighted by Gasteiger charge is 2.03. The predicted molar refractivity (Wildman–Crippen MR) is 186 cm³/mol. The maximum absolute atomic E-state index is 9.33. The van der Waals surface area contributed by atoms with E-state index in [1.54, 1.807) is 0 Å². The Labute approximate surface area is 253 Å². The summed E-state index contributed by atoms with van der Waals surface area (Å²) in [5.41, 5.74) is 0. The summed E-state index contributed by atoms with van der Waals surface area (Å²) in [5, 5.41) is 9.33. The Balaban J connectivity index is -0.0000000360. The molecule has 0 aromatic rings. The highest BCUT2D eigenvalue weighted by molar-refractivity contribution is 4.51. The van der Waals surface area contributed by atoms with Crippen molar-refractivity contribution >= 4 is 0 Å². The van der Waals surface area contributed by atoms with E-state index < -0.39 is 6.10 Å². The molecule has 0 amide bonds. The lowest BCUT2D eigenvalue weighted by Crippen LogP contribution is -2.22. The molecule has 0 aliphatic rings. The maximum atomic E-state index is 9.33. The van der Waals surface area contributed by atoms with Gasteiger partial charge in [-0.2, -0.15) is 0 Å². The zero-order valence-corrected chi connectivity index (χ0v) is 24.1.